The summed E-state index contributed by atoms with van der Waals surface area (Å²) in [5.74, 6) is -1.19. The molecule has 1 aliphatic carbocycles. The molecule has 33 heavy (non-hydrogen) atoms. The molecular weight excluding hydrogens is 433 g/mol. The normalized spacial score (nSPS) is 23.8. The molecule has 2 fully saturated rings. The van der Waals surface area contributed by atoms with Gasteiger partial charge in [-0.2, -0.15) is 4.98 Å². The third kappa shape index (κ3) is 3.37. The van der Waals surface area contributed by atoms with Crippen LogP contribution in [0.25, 0.3) is 0 Å². The van der Waals surface area contributed by atoms with Crippen LogP contribution in [0.2, 0.25) is 0 Å². The predicted molar refractivity (Wildman–Crippen MR) is 116 cm³/mol. The summed E-state index contributed by atoms with van der Waals surface area (Å²) in [4.78, 5) is 17.1. The second-order valence-corrected chi connectivity index (χ2v) is 8.99. The smallest absolute Gasteiger partial charge is 0.244 e. The summed E-state index contributed by atoms with van der Waals surface area (Å²) in [5.41, 5.74) is 0.909. The number of nitrogens with zero attached hydrogens (tertiary/aromatic N) is 7. The van der Waals surface area contributed by atoms with Crippen molar-refractivity contribution in [1.82, 2.24) is 24.7 Å². The predicted octanol–water partition coefficient (Wildman–Crippen LogP) is 3.27. The van der Waals surface area contributed by atoms with Crippen LogP contribution in [0.1, 0.15) is 18.5 Å². The lowest BCUT2D eigenvalue weighted by atomic mass is 9.92. The second kappa shape index (κ2) is 7.60. The summed E-state index contributed by atoms with van der Waals surface area (Å²) in [5, 5.41) is 8.05. The molecule has 1 unspecified atom stereocenters. The van der Waals surface area contributed by atoms with Crippen LogP contribution in [0.4, 0.5) is 36.6 Å². The highest BCUT2D eigenvalue weighted by Gasteiger charge is 2.43. The van der Waals surface area contributed by atoms with Gasteiger partial charge in [0.2, 0.25) is 11.9 Å². The van der Waals surface area contributed by atoms with Crippen LogP contribution in [0, 0.1) is 36.2 Å². The summed E-state index contributed by atoms with van der Waals surface area (Å²) >= 11 is 0. The van der Waals surface area contributed by atoms with Crippen molar-refractivity contribution in [3.05, 3.63) is 47.7 Å². The van der Waals surface area contributed by atoms with Gasteiger partial charge in [0.05, 0.1) is 12.2 Å². The first-order valence-corrected chi connectivity index (χ1v) is 11.1. The van der Waals surface area contributed by atoms with Gasteiger partial charge in [0.1, 0.15) is 12.1 Å². The standard InChI is InChI=1S/C22H23F3N8/c1-12-8-17(27-11-26-12)31-9-13-2-3-14(10-31)20(13)28-21-29-22-32(6-7-33(22)30-21)16-5-4-15(23)18(24)19(16)25/h4-5,8,11,13-14,20H,2-3,6-7,9-10H2,1H3,(H,28,30)/t13-,14+,20?. The van der Waals surface area contributed by atoms with Crippen molar-refractivity contribution in [2.24, 2.45) is 11.8 Å². The van der Waals surface area contributed by atoms with Crippen molar-refractivity contribution in [1.29, 1.82) is 0 Å². The number of hydrogen-bond acceptors (Lipinski definition) is 7. The van der Waals surface area contributed by atoms with Gasteiger partial charge in [-0.25, -0.2) is 27.8 Å². The molecule has 2 aromatic heterocycles. The molecule has 1 saturated carbocycles. The summed E-state index contributed by atoms with van der Waals surface area (Å²) in [7, 11) is 0. The van der Waals surface area contributed by atoms with Crippen LogP contribution < -0.4 is 15.1 Å². The van der Waals surface area contributed by atoms with Crippen molar-refractivity contribution in [3.8, 4) is 0 Å². The van der Waals surface area contributed by atoms with Crippen molar-refractivity contribution in [2.75, 3.05) is 34.8 Å². The number of aromatic nitrogens is 5. The van der Waals surface area contributed by atoms with Crippen LogP contribution >= 0.6 is 0 Å². The van der Waals surface area contributed by atoms with E-state index in [1.165, 1.54) is 11.0 Å². The van der Waals surface area contributed by atoms with Gasteiger partial charge in [-0.3, -0.25) is 0 Å². The van der Waals surface area contributed by atoms with E-state index in [0.29, 0.717) is 36.8 Å². The topological polar surface area (TPSA) is 75.0 Å². The molecule has 6 rings (SSSR count). The van der Waals surface area contributed by atoms with E-state index in [1.54, 1.807) is 11.0 Å². The number of fused-ring (bicyclic) bond motifs is 3. The van der Waals surface area contributed by atoms with E-state index < -0.39 is 17.5 Å². The number of rotatable bonds is 4. The molecule has 2 aliphatic heterocycles. The average Bonchev–Trinajstić information content (AvgIpc) is 3.43. The first kappa shape index (κ1) is 20.3. The summed E-state index contributed by atoms with van der Waals surface area (Å²) < 4.78 is 43.1. The minimum Gasteiger partial charge on any atom is -0.356 e. The van der Waals surface area contributed by atoms with Gasteiger partial charge in [0, 0.05) is 37.4 Å². The zero-order valence-electron chi connectivity index (χ0n) is 18.0. The lowest BCUT2D eigenvalue weighted by Gasteiger charge is -2.38. The Bertz CT molecular complexity index is 1200. The zero-order valence-corrected chi connectivity index (χ0v) is 18.0. The summed E-state index contributed by atoms with van der Waals surface area (Å²) in [6.07, 6.45) is 3.83. The number of hydrogen-bond donors (Lipinski definition) is 1. The number of piperidine rings is 1. The minimum absolute atomic E-state index is 0.0416. The molecule has 0 spiro atoms. The Balaban J connectivity index is 1.20. The van der Waals surface area contributed by atoms with Crippen molar-refractivity contribution in [3.63, 3.8) is 0 Å². The first-order valence-electron chi connectivity index (χ1n) is 11.1. The van der Waals surface area contributed by atoms with E-state index in [0.717, 1.165) is 43.5 Å². The SMILES string of the molecule is Cc1cc(N2C[C@H]3CC[C@@H](C2)C3Nc2nc3n(n2)CCN3c2ccc(F)c(F)c2F)ncn1. The molecule has 1 N–H and O–H groups in total. The van der Waals surface area contributed by atoms with Crippen molar-refractivity contribution >= 4 is 23.4 Å². The second-order valence-electron chi connectivity index (χ2n) is 8.99. The lowest BCUT2D eigenvalue weighted by molar-refractivity contribution is 0.374. The van der Waals surface area contributed by atoms with Gasteiger partial charge in [0.15, 0.2) is 17.5 Å². The highest BCUT2D eigenvalue weighted by Crippen LogP contribution is 2.40. The van der Waals surface area contributed by atoms with Crippen LogP contribution in [0.3, 0.4) is 0 Å². The quantitative estimate of drug-likeness (QED) is 0.604. The zero-order chi connectivity index (χ0) is 22.7. The van der Waals surface area contributed by atoms with E-state index in [9.17, 15) is 13.2 Å². The van der Waals surface area contributed by atoms with Gasteiger partial charge < -0.3 is 15.1 Å². The van der Waals surface area contributed by atoms with Crippen LogP contribution in [-0.2, 0) is 6.54 Å². The fraction of sp³-hybridized carbons (Fsp3) is 0.455. The molecule has 0 amide bonds. The maximum absolute atomic E-state index is 14.4. The number of halogens is 3. The number of aryl methyl sites for hydroxylation is 1. The molecule has 3 aliphatic rings. The maximum atomic E-state index is 14.4. The Morgan fingerprint density at radius 3 is 2.55 bits per heavy atom. The maximum Gasteiger partial charge on any atom is 0.244 e. The monoisotopic (exact) mass is 456 g/mol. The van der Waals surface area contributed by atoms with Gasteiger partial charge in [-0.15, -0.1) is 5.10 Å². The van der Waals surface area contributed by atoms with Gasteiger partial charge in [-0.05, 0) is 43.7 Å². The summed E-state index contributed by atoms with van der Waals surface area (Å²) in [6.45, 7) is 4.63. The van der Waals surface area contributed by atoms with Gasteiger partial charge in [-0.1, -0.05) is 0 Å². The molecule has 3 aromatic rings. The third-order valence-corrected chi connectivity index (χ3v) is 6.98. The van der Waals surface area contributed by atoms with Crippen LogP contribution in [0.15, 0.2) is 24.5 Å². The number of anilines is 4. The lowest BCUT2D eigenvalue weighted by Crippen LogP contribution is -2.48. The Hall–Kier alpha value is -3.37. The largest absolute Gasteiger partial charge is 0.356 e. The van der Waals surface area contributed by atoms with E-state index in [2.05, 4.69) is 30.3 Å². The fourth-order valence-corrected chi connectivity index (χ4v) is 5.40. The first-order chi connectivity index (χ1) is 16.0. The van der Waals surface area contributed by atoms with E-state index in [-0.39, 0.29) is 11.7 Å². The highest BCUT2D eigenvalue weighted by molar-refractivity contribution is 5.61. The Morgan fingerprint density at radius 1 is 1.00 bits per heavy atom. The summed E-state index contributed by atoms with van der Waals surface area (Å²) in [6, 6.07) is 4.41. The minimum atomic E-state index is -1.48. The van der Waals surface area contributed by atoms with E-state index in [1.807, 2.05) is 13.0 Å². The van der Waals surface area contributed by atoms with Crippen molar-refractivity contribution in [2.45, 2.75) is 32.4 Å². The van der Waals surface area contributed by atoms with Crippen LogP contribution in [0.5, 0.6) is 0 Å². The Kier molecular flexibility index (Phi) is 4.66. The molecule has 172 valence electrons. The van der Waals surface area contributed by atoms with Crippen molar-refractivity contribution < 1.29 is 13.2 Å². The molecule has 2 bridgehead atoms. The van der Waals surface area contributed by atoms with Crippen LogP contribution in [-0.4, -0.2) is 50.4 Å². The molecular formula is C22H23F3N8. The third-order valence-electron chi connectivity index (χ3n) is 6.98. The molecule has 0 radical (unpaired) electrons. The molecule has 1 aromatic carbocycles. The molecule has 3 atom stereocenters. The van der Waals surface area contributed by atoms with Gasteiger partial charge >= 0.3 is 0 Å². The Morgan fingerprint density at radius 2 is 1.79 bits per heavy atom. The number of benzene rings is 1. The van der Waals surface area contributed by atoms with E-state index in [4.69, 9.17) is 0 Å². The fourth-order valence-electron chi connectivity index (χ4n) is 5.40. The Labute approximate surface area is 188 Å². The average molecular weight is 456 g/mol. The molecule has 11 heteroatoms. The molecule has 1 saturated heterocycles. The molecule has 8 nitrogen and oxygen atoms in total. The molecule has 4 heterocycles. The van der Waals surface area contributed by atoms with E-state index >= 15 is 0 Å². The number of nitrogens with one attached hydrogen (secondary N) is 1. The highest BCUT2D eigenvalue weighted by atomic mass is 19.2. The van der Waals surface area contributed by atoms with Gasteiger partial charge in [0.25, 0.3) is 0 Å².